The molecule has 0 bridgehead atoms. The number of carboxylic acid groups (broad SMARTS) is 1. The fourth-order valence-corrected chi connectivity index (χ4v) is 2.44. The highest BCUT2D eigenvalue weighted by atomic mass is 16.7. The Hall–Kier alpha value is -0.890. The third-order valence-corrected chi connectivity index (χ3v) is 3.84. The van der Waals surface area contributed by atoms with Crippen molar-refractivity contribution in [3.8, 4) is 0 Å². The number of methoxy groups -OCH3 is 1. The predicted molar refractivity (Wildman–Crippen MR) is 68.0 cm³/mol. The molecule has 2 aliphatic rings. The first-order chi connectivity index (χ1) is 10.8. The number of aliphatic hydroxyl groups excluding tert-OH is 5. The van der Waals surface area contributed by atoms with E-state index < -0.39 is 61.3 Å². The van der Waals surface area contributed by atoms with E-state index in [1.165, 1.54) is 7.11 Å². The van der Waals surface area contributed by atoms with Gasteiger partial charge in [0.25, 0.3) is 0 Å². The van der Waals surface area contributed by atoms with Crippen molar-refractivity contribution in [2.24, 2.45) is 0 Å². The lowest BCUT2D eigenvalue weighted by molar-refractivity contribution is -0.348. The molecule has 9 atom stereocenters. The third-order valence-electron chi connectivity index (χ3n) is 3.84. The summed E-state index contributed by atoms with van der Waals surface area (Å²) in [6.45, 7) is -0.105. The number of aliphatic carboxylic acids is 1. The van der Waals surface area contributed by atoms with Crippen LogP contribution in [-0.4, -0.2) is 106 Å². The molecular weight excluding hydrogens is 320 g/mol. The van der Waals surface area contributed by atoms with Crippen LogP contribution in [0, 0.1) is 0 Å². The van der Waals surface area contributed by atoms with E-state index in [4.69, 9.17) is 24.1 Å². The lowest BCUT2D eigenvalue weighted by Gasteiger charge is -2.43. The summed E-state index contributed by atoms with van der Waals surface area (Å²) in [5, 5.41) is 57.8. The van der Waals surface area contributed by atoms with Crippen LogP contribution in [0.25, 0.3) is 0 Å². The Morgan fingerprint density at radius 2 is 1.70 bits per heavy atom. The minimum Gasteiger partial charge on any atom is -0.479 e. The van der Waals surface area contributed by atoms with Gasteiger partial charge in [-0.15, -0.1) is 0 Å². The second-order valence-electron chi connectivity index (χ2n) is 5.32. The quantitative estimate of drug-likeness (QED) is 0.294. The summed E-state index contributed by atoms with van der Waals surface area (Å²) in [6.07, 6.45) is -14.3. The average molecular weight is 340 g/mol. The zero-order valence-electron chi connectivity index (χ0n) is 12.1. The average Bonchev–Trinajstić information content (AvgIpc) is 2.51. The van der Waals surface area contributed by atoms with Crippen LogP contribution >= 0.6 is 0 Å². The van der Waals surface area contributed by atoms with Gasteiger partial charge in [0.1, 0.15) is 36.6 Å². The second kappa shape index (κ2) is 7.34. The number of rotatable bonds is 4. The fraction of sp³-hybridized carbons (Fsp3) is 0.917. The molecule has 2 rings (SSSR count). The molecule has 2 heterocycles. The zero-order chi connectivity index (χ0) is 17.3. The van der Waals surface area contributed by atoms with E-state index in [0.717, 1.165) is 0 Å². The maximum absolute atomic E-state index is 11.0. The van der Waals surface area contributed by atoms with Crippen LogP contribution in [0.3, 0.4) is 0 Å². The van der Waals surface area contributed by atoms with Crippen LogP contribution in [0.5, 0.6) is 0 Å². The first-order valence-electron chi connectivity index (χ1n) is 6.86. The molecule has 11 heteroatoms. The molecule has 0 aromatic carbocycles. The molecule has 2 saturated heterocycles. The lowest BCUT2D eigenvalue weighted by Crippen LogP contribution is -2.63. The Bertz CT molecular complexity index is 418. The van der Waals surface area contributed by atoms with E-state index in [0.29, 0.717) is 0 Å². The molecule has 0 aliphatic carbocycles. The molecule has 6 N–H and O–H groups in total. The Kier molecular flexibility index (Phi) is 5.89. The van der Waals surface area contributed by atoms with Gasteiger partial charge in [-0.05, 0) is 0 Å². The molecule has 23 heavy (non-hydrogen) atoms. The van der Waals surface area contributed by atoms with Crippen molar-refractivity contribution in [3.05, 3.63) is 0 Å². The molecule has 0 radical (unpaired) electrons. The summed E-state index contributed by atoms with van der Waals surface area (Å²) >= 11 is 0. The molecule has 0 spiro atoms. The van der Waals surface area contributed by atoms with E-state index in [-0.39, 0.29) is 6.61 Å². The number of aliphatic hydroxyl groups is 5. The Balaban J connectivity index is 2.11. The van der Waals surface area contributed by atoms with Crippen molar-refractivity contribution < 1.29 is 54.4 Å². The SMILES string of the molecule is COC1COC(O)C(OC2OC(C(=O)O)C(O)C(O)C2O)C1O. The molecule has 0 aromatic rings. The van der Waals surface area contributed by atoms with Crippen LogP contribution in [0.1, 0.15) is 0 Å². The molecule has 11 nitrogen and oxygen atoms in total. The van der Waals surface area contributed by atoms with Crippen LogP contribution in [0.4, 0.5) is 0 Å². The standard InChI is InChI=1S/C12H20O11/c1-20-3-2-21-11(19)9(4(3)13)23-12-7(16)5(14)6(15)8(22-12)10(17)18/h3-9,11-16,19H,2H2,1H3,(H,17,18). The van der Waals surface area contributed by atoms with Crippen molar-refractivity contribution in [2.75, 3.05) is 13.7 Å². The number of carboxylic acids is 1. The van der Waals surface area contributed by atoms with Crippen LogP contribution in [0.2, 0.25) is 0 Å². The fourth-order valence-electron chi connectivity index (χ4n) is 2.44. The molecule has 0 saturated carbocycles. The predicted octanol–water partition coefficient (Wildman–Crippen LogP) is -4.01. The monoisotopic (exact) mass is 340 g/mol. The van der Waals surface area contributed by atoms with E-state index in [9.17, 15) is 30.3 Å². The van der Waals surface area contributed by atoms with Crippen LogP contribution in [0.15, 0.2) is 0 Å². The third kappa shape index (κ3) is 3.63. The first-order valence-corrected chi connectivity index (χ1v) is 6.86. The molecule has 0 aromatic heterocycles. The molecule has 2 fully saturated rings. The van der Waals surface area contributed by atoms with E-state index in [2.05, 4.69) is 0 Å². The summed E-state index contributed by atoms with van der Waals surface area (Å²) in [7, 11) is 1.30. The van der Waals surface area contributed by atoms with Crippen molar-refractivity contribution in [3.63, 3.8) is 0 Å². The van der Waals surface area contributed by atoms with Gasteiger partial charge in [0.05, 0.1) is 6.61 Å². The minimum atomic E-state index is -1.87. The molecule has 0 amide bonds. The minimum absolute atomic E-state index is 0.105. The topological polar surface area (TPSA) is 175 Å². The number of ether oxygens (including phenoxy) is 4. The van der Waals surface area contributed by atoms with Gasteiger partial charge < -0.3 is 49.6 Å². The van der Waals surface area contributed by atoms with Gasteiger partial charge in [0.15, 0.2) is 18.7 Å². The highest BCUT2D eigenvalue weighted by molar-refractivity contribution is 5.73. The summed E-state index contributed by atoms with van der Waals surface area (Å²) < 4.78 is 20.0. The van der Waals surface area contributed by atoms with Crippen molar-refractivity contribution in [2.45, 2.75) is 55.3 Å². The van der Waals surface area contributed by atoms with Gasteiger partial charge in [-0.2, -0.15) is 0 Å². The number of hydrogen-bond acceptors (Lipinski definition) is 10. The number of hydrogen-bond donors (Lipinski definition) is 6. The largest absolute Gasteiger partial charge is 0.479 e. The highest BCUT2D eigenvalue weighted by Gasteiger charge is 2.50. The molecule has 2 aliphatic heterocycles. The highest BCUT2D eigenvalue weighted by Crippen LogP contribution is 2.27. The van der Waals surface area contributed by atoms with Crippen molar-refractivity contribution in [1.82, 2.24) is 0 Å². The lowest BCUT2D eigenvalue weighted by atomic mass is 9.98. The maximum atomic E-state index is 11.0. The summed E-state index contributed by atoms with van der Waals surface area (Å²) in [5.41, 5.74) is 0. The Labute approximate surface area is 130 Å². The van der Waals surface area contributed by atoms with Gasteiger partial charge in [-0.3, -0.25) is 0 Å². The van der Waals surface area contributed by atoms with Gasteiger partial charge in [-0.25, -0.2) is 4.79 Å². The summed E-state index contributed by atoms with van der Waals surface area (Å²) in [5.74, 6) is -1.58. The van der Waals surface area contributed by atoms with Gasteiger partial charge in [-0.1, -0.05) is 0 Å². The smallest absolute Gasteiger partial charge is 0.335 e. The van der Waals surface area contributed by atoms with E-state index >= 15 is 0 Å². The van der Waals surface area contributed by atoms with Crippen LogP contribution in [-0.2, 0) is 23.7 Å². The van der Waals surface area contributed by atoms with Crippen LogP contribution < -0.4 is 0 Å². The normalized spacial score (nSPS) is 48.2. The van der Waals surface area contributed by atoms with Gasteiger partial charge in [0, 0.05) is 7.11 Å². The molecular formula is C12H20O11. The summed E-state index contributed by atoms with van der Waals surface area (Å²) in [6, 6.07) is 0. The number of carbonyl (C=O) groups is 1. The molecule has 9 unspecified atom stereocenters. The first kappa shape index (κ1) is 18.4. The van der Waals surface area contributed by atoms with E-state index in [1.54, 1.807) is 0 Å². The summed E-state index contributed by atoms with van der Waals surface area (Å²) in [4.78, 5) is 11.0. The van der Waals surface area contributed by atoms with Crippen molar-refractivity contribution in [1.29, 1.82) is 0 Å². The maximum Gasteiger partial charge on any atom is 0.335 e. The van der Waals surface area contributed by atoms with E-state index in [1.807, 2.05) is 0 Å². The van der Waals surface area contributed by atoms with Gasteiger partial charge >= 0.3 is 5.97 Å². The second-order valence-corrected chi connectivity index (χ2v) is 5.32. The Morgan fingerprint density at radius 3 is 2.26 bits per heavy atom. The zero-order valence-corrected chi connectivity index (χ0v) is 12.1. The Morgan fingerprint density at radius 1 is 1.04 bits per heavy atom. The molecule has 134 valence electrons. The van der Waals surface area contributed by atoms with Crippen molar-refractivity contribution >= 4 is 5.97 Å². The van der Waals surface area contributed by atoms with Gasteiger partial charge in [0.2, 0.25) is 0 Å².